The van der Waals surface area contributed by atoms with Crippen molar-refractivity contribution >= 4 is 17.8 Å². The summed E-state index contributed by atoms with van der Waals surface area (Å²) in [5, 5.41) is 19.3. The van der Waals surface area contributed by atoms with E-state index in [9.17, 15) is 14.4 Å². The number of carboxylic acid groups (broad SMARTS) is 2. The van der Waals surface area contributed by atoms with Crippen LogP contribution < -0.4 is 5.32 Å². The minimum absolute atomic E-state index is 0.105. The molecule has 1 rings (SSSR count). The molecule has 0 atom stereocenters. The van der Waals surface area contributed by atoms with E-state index in [1.807, 2.05) is 0 Å². The van der Waals surface area contributed by atoms with E-state index in [-0.39, 0.29) is 17.5 Å². The molecule has 1 aliphatic rings. The molecule has 1 aliphatic carbocycles. The van der Waals surface area contributed by atoms with Crippen molar-refractivity contribution in [1.29, 1.82) is 0 Å². The molecule has 6 nitrogen and oxygen atoms in total. The second-order valence-electron chi connectivity index (χ2n) is 3.35. The molecule has 0 unspecified atom stereocenters. The zero-order valence-electron chi connectivity index (χ0n) is 8.34. The summed E-state index contributed by atoms with van der Waals surface area (Å²) in [6, 6.07) is 0. The lowest BCUT2D eigenvalue weighted by molar-refractivity contribution is -0.135. The van der Waals surface area contributed by atoms with Gasteiger partial charge in [-0.25, -0.2) is 9.59 Å². The summed E-state index contributed by atoms with van der Waals surface area (Å²) in [4.78, 5) is 32.1. The van der Waals surface area contributed by atoms with Gasteiger partial charge in [0, 0.05) is 12.0 Å². The van der Waals surface area contributed by atoms with Crippen molar-refractivity contribution < 1.29 is 24.6 Å². The van der Waals surface area contributed by atoms with Crippen molar-refractivity contribution in [2.75, 3.05) is 0 Å². The fourth-order valence-electron chi connectivity index (χ4n) is 0.973. The molecule has 0 aliphatic heterocycles. The van der Waals surface area contributed by atoms with Crippen LogP contribution in [-0.4, -0.2) is 28.1 Å². The number of hydrogen-bond donors (Lipinski definition) is 3. The Bertz CT molecular complexity index is 379. The zero-order valence-corrected chi connectivity index (χ0v) is 8.34. The molecule has 0 saturated heterocycles. The van der Waals surface area contributed by atoms with E-state index in [0.29, 0.717) is 0 Å². The number of aliphatic carboxylic acids is 2. The van der Waals surface area contributed by atoms with Gasteiger partial charge in [-0.05, 0) is 18.9 Å². The van der Waals surface area contributed by atoms with Gasteiger partial charge in [-0.1, -0.05) is 6.08 Å². The Morgan fingerprint density at radius 2 is 1.81 bits per heavy atom. The first-order valence-corrected chi connectivity index (χ1v) is 4.66. The van der Waals surface area contributed by atoms with Gasteiger partial charge < -0.3 is 15.5 Å². The molecular weight excluding hydrogens is 214 g/mol. The average molecular weight is 225 g/mol. The van der Waals surface area contributed by atoms with Crippen molar-refractivity contribution in [2.24, 2.45) is 5.92 Å². The van der Waals surface area contributed by atoms with Gasteiger partial charge in [-0.15, -0.1) is 0 Å². The Kier molecular flexibility index (Phi) is 3.82. The van der Waals surface area contributed by atoms with Gasteiger partial charge in [0.15, 0.2) is 0 Å². The van der Waals surface area contributed by atoms with Crippen LogP contribution >= 0.6 is 0 Å². The number of allylic oxidation sites excluding steroid dienone is 2. The molecule has 0 aromatic carbocycles. The maximum absolute atomic E-state index is 11.3. The predicted octanol–water partition coefficient (Wildman–Crippen LogP) is 0.122. The van der Waals surface area contributed by atoms with Crippen LogP contribution in [-0.2, 0) is 14.4 Å². The van der Waals surface area contributed by atoms with E-state index < -0.39 is 11.9 Å². The molecule has 16 heavy (non-hydrogen) atoms. The summed E-state index contributed by atoms with van der Waals surface area (Å²) in [6.07, 6.45) is 4.41. The Morgan fingerprint density at radius 1 is 1.19 bits per heavy atom. The number of nitrogens with one attached hydrogen (secondary N) is 1. The lowest BCUT2D eigenvalue weighted by Crippen LogP contribution is -2.28. The molecule has 0 spiro atoms. The van der Waals surface area contributed by atoms with Crippen LogP contribution in [0.5, 0.6) is 0 Å². The van der Waals surface area contributed by atoms with Crippen LogP contribution in [0.2, 0.25) is 0 Å². The van der Waals surface area contributed by atoms with Crippen LogP contribution in [0.4, 0.5) is 0 Å². The lowest BCUT2D eigenvalue weighted by Gasteiger charge is -2.03. The monoisotopic (exact) mass is 225 g/mol. The average Bonchev–Trinajstić information content (AvgIpc) is 2.98. The Labute approximate surface area is 91.3 Å². The first-order valence-electron chi connectivity index (χ1n) is 4.66. The van der Waals surface area contributed by atoms with Gasteiger partial charge in [-0.2, -0.15) is 0 Å². The molecule has 6 heteroatoms. The normalized spacial score (nSPS) is 16.1. The standard InChI is InChI=1S/C10H11NO5/c12-8(13)3-1-2-7(10(15)16)11-9(14)6-4-5-6/h1-3,6H,4-5H2,(H,11,14)(H,12,13)(H,15,16)/b3-1?,7-2-. The fraction of sp³-hybridized carbons (Fsp3) is 0.300. The maximum Gasteiger partial charge on any atom is 0.352 e. The van der Waals surface area contributed by atoms with Crippen molar-refractivity contribution in [3.8, 4) is 0 Å². The highest BCUT2D eigenvalue weighted by atomic mass is 16.4. The first kappa shape index (κ1) is 12.0. The molecule has 3 N–H and O–H groups in total. The number of carbonyl (C=O) groups excluding carboxylic acids is 1. The molecule has 0 radical (unpaired) electrons. The van der Waals surface area contributed by atoms with Crippen LogP contribution in [0.3, 0.4) is 0 Å². The molecule has 86 valence electrons. The van der Waals surface area contributed by atoms with E-state index in [0.717, 1.165) is 31.1 Å². The molecule has 0 heterocycles. The van der Waals surface area contributed by atoms with Crippen molar-refractivity contribution in [3.63, 3.8) is 0 Å². The van der Waals surface area contributed by atoms with Crippen molar-refractivity contribution in [2.45, 2.75) is 12.8 Å². The highest BCUT2D eigenvalue weighted by Crippen LogP contribution is 2.28. The van der Waals surface area contributed by atoms with E-state index in [1.54, 1.807) is 0 Å². The zero-order chi connectivity index (χ0) is 12.1. The SMILES string of the molecule is O=C(O)C=C/C=C(\NC(=O)C1CC1)C(=O)O. The number of hydrogen-bond acceptors (Lipinski definition) is 3. The molecular formula is C10H11NO5. The molecule has 1 fully saturated rings. The minimum atomic E-state index is -1.30. The number of carboxylic acids is 2. The van der Waals surface area contributed by atoms with Gasteiger partial charge in [0.2, 0.25) is 5.91 Å². The second kappa shape index (κ2) is 5.11. The smallest absolute Gasteiger partial charge is 0.352 e. The van der Waals surface area contributed by atoms with E-state index in [4.69, 9.17) is 10.2 Å². The second-order valence-corrected chi connectivity index (χ2v) is 3.35. The van der Waals surface area contributed by atoms with Gasteiger partial charge in [0.05, 0.1) is 0 Å². The molecule has 1 amide bonds. The minimum Gasteiger partial charge on any atom is -0.478 e. The third kappa shape index (κ3) is 3.95. The summed E-state index contributed by atoms with van der Waals surface area (Å²) in [6.45, 7) is 0. The van der Waals surface area contributed by atoms with Crippen LogP contribution in [0.15, 0.2) is 23.9 Å². The van der Waals surface area contributed by atoms with Gasteiger partial charge >= 0.3 is 11.9 Å². The Hall–Kier alpha value is -2.11. The quantitative estimate of drug-likeness (QED) is 0.455. The van der Waals surface area contributed by atoms with Crippen LogP contribution in [0.1, 0.15) is 12.8 Å². The number of amides is 1. The van der Waals surface area contributed by atoms with Gasteiger partial charge in [-0.3, -0.25) is 4.79 Å². The van der Waals surface area contributed by atoms with Gasteiger partial charge in [0.1, 0.15) is 5.70 Å². The third-order valence-corrected chi connectivity index (χ3v) is 1.94. The van der Waals surface area contributed by atoms with E-state index in [2.05, 4.69) is 5.32 Å². The highest BCUT2D eigenvalue weighted by molar-refractivity contribution is 5.94. The largest absolute Gasteiger partial charge is 0.478 e. The maximum atomic E-state index is 11.3. The molecule has 0 bridgehead atoms. The summed E-state index contributed by atoms with van der Waals surface area (Å²) in [5.41, 5.74) is -0.325. The summed E-state index contributed by atoms with van der Waals surface area (Å²) in [5.74, 6) is -2.93. The molecule has 0 aromatic rings. The first-order chi connectivity index (χ1) is 7.50. The summed E-state index contributed by atoms with van der Waals surface area (Å²) in [7, 11) is 0. The van der Waals surface area contributed by atoms with Crippen molar-refractivity contribution in [1.82, 2.24) is 5.32 Å². The van der Waals surface area contributed by atoms with Gasteiger partial charge in [0.25, 0.3) is 0 Å². The highest BCUT2D eigenvalue weighted by Gasteiger charge is 2.30. The number of carbonyl (C=O) groups is 3. The molecule has 1 saturated carbocycles. The Morgan fingerprint density at radius 3 is 2.25 bits per heavy atom. The molecule has 0 aromatic heterocycles. The predicted molar refractivity (Wildman–Crippen MR) is 53.4 cm³/mol. The van der Waals surface area contributed by atoms with E-state index in [1.165, 1.54) is 0 Å². The third-order valence-electron chi connectivity index (χ3n) is 1.94. The number of rotatable bonds is 5. The summed E-state index contributed by atoms with van der Waals surface area (Å²) >= 11 is 0. The van der Waals surface area contributed by atoms with Crippen molar-refractivity contribution in [3.05, 3.63) is 23.9 Å². The topological polar surface area (TPSA) is 104 Å². The summed E-state index contributed by atoms with van der Waals surface area (Å²) < 4.78 is 0. The Balaban J connectivity index is 2.62. The van der Waals surface area contributed by atoms with Crippen LogP contribution in [0.25, 0.3) is 0 Å². The van der Waals surface area contributed by atoms with Crippen LogP contribution in [0, 0.1) is 5.92 Å². The lowest BCUT2D eigenvalue weighted by atomic mass is 10.3. The van der Waals surface area contributed by atoms with E-state index >= 15 is 0 Å². The fourth-order valence-corrected chi connectivity index (χ4v) is 0.973.